The lowest BCUT2D eigenvalue weighted by Crippen LogP contribution is -2.27. The van der Waals surface area contributed by atoms with E-state index in [1.165, 1.54) is 28.7 Å². The summed E-state index contributed by atoms with van der Waals surface area (Å²) in [5, 5.41) is 16.4. The van der Waals surface area contributed by atoms with Crippen LogP contribution in [0.25, 0.3) is 0 Å². The fourth-order valence-corrected chi connectivity index (χ4v) is 4.72. The van der Waals surface area contributed by atoms with Gasteiger partial charge in [-0.3, -0.25) is 4.79 Å². The first-order valence-electron chi connectivity index (χ1n) is 8.92. The van der Waals surface area contributed by atoms with Gasteiger partial charge in [0.05, 0.1) is 5.75 Å². The van der Waals surface area contributed by atoms with Crippen LogP contribution < -0.4 is 10.6 Å². The lowest BCUT2D eigenvalue weighted by atomic mass is 10.1. The summed E-state index contributed by atoms with van der Waals surface area (Å²) in [7, 11) is 0. The average molecular weight is 467 g/mol. The number of thioether (sulfide) groups is 1. The van der Waals surface area contributed by atoms with E-state index in [1.807, 2.05) is 25.1 Å². The van der Waals surface area contributed by atoms with Gasteiger partial charge in [-0.15, -0.1) is 10.2 Å². The summed E-state index contributed by atoms with van der Waals surface area (Å²) in [5.74, 6) is 0.228. The van der Waals surface area contributed by atoms with E-state index in [2.05, 4.69) is 33.8 Å². The van der Waals surface area contributed by atoms with E-state index in [-0.39, 0.29) is 11.7 Å². The molecule has 0 aliphatic heterocycles. The highest BCUT2D eigenvalue weighted by Crippen LogP contribution is 2.29. The summed E-state index contributed by atoms with van der Waals surface area (Å²) in [5.41, 5.74) is 4.32. The Kier molecular flexibility index (Phi) is 7.77. The number of hydrogen-bond acceptors (Lipinski definition) is 6. The molecule has 5 nitrogen and oxygen atoms in total. The third-order valence-corrected chi connectivity index (χ3v) is 6.65. The molecule has 0 spiro atoms. The first kappa shape index (κ1) is 21.9. The fraction of sp³-hybridized carbons (Fsp3) is 0.250. The van der Waals surface area contributed by atoms with E-state index in [0.29, 0.717) is 28.1 Å². The average Bonchev–Trinajstić information content (AvgIpc) is 3.12. The summed E-state index contributed by atoms with van der Waals surface area (Å²) in [6, 6.07) is 11.6. The van der Waals surface area contributed by atoms with E-state index in [4.69, 9.17) is 23.2 Å². The molecule has 2 N–H and O–H groups in total. The molecule has 3 rings (SSSR count). The number of carbonyl (C=O) groups is 1. The predicted octanol–water partition coefficient (Wildman–Crippen LogP) is 5.66. The van der Waals surface area contributed by atoms with Gasteiger partial charge < -0.3 is 10.6 Å². The number of hydrogen-bond donors (Lipinski definition) is 2. The van der Waals surface area contributed by atoms with Gasteiger partial charge in [-0.05, 0) is 49.6 Å². The highest BCUT2D eigenvalue weighted by molar-refractivity contribution is 8.01. The summed E-state index contributed by atoms with van der Waals surface area (Å²) < 4.78 is 0.744. The molecule has 0 atom stereocenters. The van der Waals surface area contributed by atoms with Crippen molar-refractivity contribution in [3.8, 4) is 0 Å². The van der Waals surface area contributed by atoms with Crippen molar-refractivity contribution < 1.29 is 4.79 Å². The van der Waals surface area contributed by atoms with Gasteiger partial charge in [0.15, 0.2) is 4.34 Å². The molecule has 2 aromatic carbocycles. The summed E-state index contributed by atoms with van der Waals surface area (Å²) in [6.07, 6.45) is 0.648. The molecule has 0 saturated carbocycles. The summed E-state index contributed by atoms with van der Waals surface area (Å²) in [6.45, 7) is 4.62. The molecule has 0 saturated heterocycles. The van der Waals surface area contributed by atoms with E-state index in [1.54, 1.807) is 12.1 Å². The van der Waals surface area contributed by atoms with Gasteiger partial charge in [-0.25, -0.2) is 0 Å². The SMILES string of the molecule is Cc1ccc(Nc2nnc(SCC(=O)NCCc3ccc(Cl)cc3Cl)s2)c(C)c1. The van der Waals surface area contributed by atoms with E-state index in [0.717, 1.165) is 21.2 Å². The first-order chi connectivity index (χ1) is 13.9. The molecule has 9 heteroatoms. The van der Waals surface area contributed by atoms with Gasteiger partial charge in [0.1, 0.15) is 0 Å². The van der Waals surface area contributed by atoms with Gasteiger partial charge in [-0.1, -0.05) is 70.1 Å². The second kappa shape index (κ2) is 10.3. The van der Waals surface area contributed by atoms with Crippen LogP contribution in [0.5, 0.6) is 0 Å². The second-order valence-electron chi connectivity index (χ2n) is 6.44. The maximum absolute atomic E-state index is 12.1. The minimum absolute atomic E-state index is 0.0563. The number of halogens is 2. The van der Waals surface area contributed by atoms with Gasteiger partial charge in [0, 0.05) is 22.3 Å². The zero-order chi connectivity index (χ0) is 20.8. The van der Waals surface area contributed by atoms with Gasteiger partial charge >= 0.3 is 0 Å². The quantitative estimate of drug-likeness (QED) is 0.419. The monoisotopic (exact) mass is 466 g/mol. The third kappa shape index (κ3) is 6.60. The van der Waals surface area contributed by atoms with Crippen LogP contribution in [0.2, 0.25) is 10.0 Å². The van der Waals surface area contributed by atoms with Crippen LogP contribution in [-0.2, 0) is 11.2 Å². The van der Waals surface area contributed by atoms with Crippen LogP contribution in [0.4, 0.5) is 10.8 Å². The standard InChI is InChI=1S/C20H20Cl2N4OS2/c1-12-3-6-17(13(2)9-12)24-19-25-26-20(29-19)28-11-18(27)23-8-7-14-4-5-15(21)10-16(14)22/h3-6,9-10H,7-8,11H2,1-2H3,(H,23,27)(H,24,25). The summed E-state index contributed by atoms with van der Waals surface area (Å²) in [4.78, 5) is 12.1. The van der Waals surface area contributed by atoms with Crippen LogP contribution >= 0.6 is 46.3 Å². The van der Waals surface area contributed by atoms with Crippen molar-refractivity contribution in [2.24, 2.45) is 0 Å². The van der Waals surface area contributed by atoms with Crippen molar-refractivity contribution in [1.82, 2.24) is 15.5 Å². The lowest BCUT2D eigenvalue weighted by Gasteiger charge is -2.07. The van der Waals surface area contributed by atoms with Crippen LogP contribution in [0.1, 0.15) is 16.7 Å². The highest BCUT2D eigenvalue weighted by Gasteiger charge is 2.10. The lowest BCUT2D eigenvalue weighted by molar-refractivity contribution is -0.118. The normalized spacial score (nSPS) is 10.8. The zero-order valence-corrected chi connectivity index (χ0v) is 19.1. The molecule has 3 aromatic rings. The Bertz CT molecular complexity index is 1010. The van der Waals surface area contributed by atoms with Crippen LogP contribution in [0.15, 0.2) is 40.7 Å². The van der Waals surface area contributed by atoms with Crippen molar-refractivity contribution >= 4 is 63.0 Å². The molecular formula is C20H20Cl2N4OS2. The minimum atomic E-state index is -0.0563. The Hall–Kier alpha value is -1.80. The maximum atomic E-state index is 12.1. The molecule has 0 fully saturated rings. The van der Waals surface area contributed by atoms with Crippen LogP contribution in [0, 0.1) is 13.8 Å². The third-order valence-electron chi connectivity index (χ3n) is 4.09. The van der Waals surface area contributed by atoms with Gasteiger partial charge in [-0.2, -0.15) is 0 Å². The largest absolute Gasteiger partial charge is 0.355 e. The molecule has 0 radical (unpaired) electrons. The van der Waals surface area contributed by atoms with Crippen molar-refractivity contribution in [3.63, 3.8) is 0 Å². The van der Waals surface area contributed by atoms with Gasteiger partial charge in [0.2, 0.25) is 11.0 Å². The summed E-state index contributed by atoms with van der Waals surface area (Å²) >= 11 is 14.8. The molecule has 0 aliphatic carbocycles. The number of carbonyl (C=O) groups excluding carboxylic acids is 1. The van der Waals surface area contributed by atoms with Crippen molar-refractivity contribution in [1.29, 1.82) is 0 Å². The molecule has 1 amide bonds. The van der Waals surface area contributed by atoms with Crippen LogP contribution in [0.3, 0.4) is 0 Å². The number of aromatic nitrogens is 2. The number of aryl methyl sites for hydroxylation is 2. The van der Waals surface area contributed by atoms with E-state index >= 15 is 0 Å². The molecule has 29 heavy (non-hydrogen) atoms. The number of nitrogens with one attached hydrogen (secondary N) is 2. The van der Waals surface area contributed by atoms with Crippen molar-refractivity contribution in [2.75, 3.05) is 17.6 Å². The zero-order valence-electron chi connectivity index (χ0n) is 16.0. The van der Waals surface area contributed by atoms with E-state index in [9.17, 15) is 4.79 Å². The number of anilines is 2. The highest BCUT2D eigenvalue weighted by atomic mass is 35.5. The Morgan fingerprint density at radius 1 is 1.14 bits per heavy atom. The Morgan fingerprint density at radius 2 is 1.97 bits per heavy atom. The first-order valence-corrected chi connectivity index (χ1v) is 11.5. The Labute approximate surface area is 188 Å². The van der Waals surface area contributed by atoms with Crippen LogP contribution in [-0.4, -0.2) is 28.4 Å². The second-order valence-corrected chi connectivity index (χ2v) is 9.48. The number of amides is 1. The topological polar surface area (TPSA) is 66.9 Å². The number of rotatable bonds is 8. The molecule has 1 heterocycles. The fourth-order valence-electron chi connectivity index (χ4n) is 2.63. The predicted molar refractivity (Wildman–Crippen MR) is 123 cm³/mol. The molecule has 0 unspecified atom stereocenters. The molecule has 0 aliphatic rings. The maximum Gasteiger partial charge on any atom is 0.230 e. The minimum Gasteiger partial charge on any atom is -0.355 e. The molecule has 0 bridgehead atoms. The van der Waals surface area contributed by atoms with Gasteiger partial charge in [0.25, 0.3) is 0 Å². The smallest absolute Gasteiger partial charge is 0.230 e. The molecule has 152 valence electrons. The Morgan fingerprint density at radius 3 is 2.72 bits per heavy atom. The van der Waals surface area contributed by atoms with Crippen molar-refractivity contribution in [2.45, 2.75) is 24.6 Å². The molecular weight excluding hydrogens is 447 g/mol. The Balaban J connectivity index is 1.43. The molecule has 1 aromatic heterocycles. The van der Waals surface area contributed by atoms with Crippen molar-refractivity contribution in [3.05, 3.63) is 63.1 Å². The van der Waals surface area contributed by atoms with E-state index < -0.39 is 0 Å². The number of benzene rings is 2. The number of nitrogens with zero attached hydrogens (tertiary/aromatic N) is 2.